The molecule has 1 aliphatic rings. The molecule has 5 heteroatoms. The first-order valence-electron chi connectivity index (χ1n) is 9.97. The Morgan fingerprint density at radius 1 is 0.500 bits per heavy atom. The fourth-order valence-electron chi connectivity index (χ4n) is 4.88. The number of fused-ring (bicyclic) bond motifs is 1. The van der Waals surface area contributed by atoms with Crippen molar-refractivity contribution in [3.05, 3.63) is 132 Å². The Balaban J connectivity index is 0.00000121. The van der Waals surface area contributed by atoms with Gasteiger partial charge in [0.25, 0.3) is 0 Å². The van der Waals surface area contributed by atoms with Gasteiger partial charge in [0.2, 0.25) is 0 Å². The van der Waals surface area contributed by atoms with Gasteiger partial charge in [-0.15, -0.1) is 37.2 Å². The van der Waals surface area contributed by atoms with E-state index in [2.05, 4.69) is 148 Å². The van der Waals surface area contributed by atoms with E-state index in [0.29, 0.717) is 0 Å². The van der Waals surface area contributed by atoms with E-state index >= 15 is 0 Å². The van der Waals surface area contributed by atoms with Crippen LogP contribution in [0.3, 0.4) is 0 Å². The maximum absolute atomic E-state index is 2.47. The summed E-state index contributed by atoms with van der Waals surface area (Å²) in [6.07, 6.45) is 4.79. The molecule has 0 saturated carbocycles. The molecule has 1 aliphatic carbocycles. The van der Waals surface area contributed by atoms with E-state index in [1.54, 1.807) is 0 Å². The maximum atomic E-state index is 2.47. The fourth-order valence-corrected chi connectivity index (χ4v) is 12.8. The second kappa shape index (κ2) is 11.0. The summed E-state index contributed by atoms with van der Waals surface area (Å²) in [7, 11) is -2.45. The van der Waals surface area contributed by atoms with Gasteiger partial charge in [0, 0.05) is 0 Å². The summed E-state index contributed by atoms with van der Waals surface area (Å²) >= 11 is 2.45. The standard InChI is InChI=1S/C27H21Si.3ClH.Ti/c1-4-13-23(14-5-1)28(24-15-6-2-7-16-24,25-17-8-3-9-18-25)27-21-20-22-12-10-11-19-26(22)27;;;;/h1-21H;3*1H;. The summed E-state index contributed by atoms with van der Waals surface area (Å²) in [5, 5.41) is 4.34. The molecule has 161 valence electrons. The van der Waals surface area contributed by atoms with Gasteiger partial charge in [-0.3, -0.25) is 0 Å². The molecule has 0 heterocycles. The SMILES string of the molecule is Cl.Cl.Cl.[Ti][C]1([Si](c2ccccc2)(c2ccccc2)c2ccccc2)C=Cc2ccccc21. The van der Waals surface area contributed by atoms with Crippen molar-refractivity contribution < 1.29 is 20.4 Å². The fraction of sp³-hybridized carbons (Fsp3) is 0.0370. The van der Waals surface area contributed by atoms with E-state index in [0.717, 1.165) is 0 Å². The second-order valence-electron chi connectivity index (χ2n) is 7.58. The molecule has 0 N–H and O–H groups in total. The van der Waals surface area contributed by atoms with Crippen LogP contribution in [0.1, 0.15) is 11.1 Å². The van der Waals surface area contributed by atoms with E-state index in [9.17, 15) is 0 Å². The zero-order chi connectivity index (χ0) is 19.7. The van der Waals surface area contributed by atoms with Crippen molar-refractivity contribution in [3.8, 4) is 0 Å². The molecule has 0 nitrogen and oxygen atoms in total. The van der Waals surface area contributed by atoms with Crippen LogP contribution in [-0.2, 0) is 23.8 Å². The molecule has 0 saturated heterocycles. The number of halogens is 3. The molecule has 4 aromatic rings. The molecule has 0 amide bonds. The molecule has 1 atom stereocenters. The second-order valence-corrected chi connectivity index (χ2v) is 13.6. The first-order chi connectivity index (χ1) is 14.3. The third-order valence-electron chi connectivity index (χ3n) is 6.11. The van der Waals surface area contributed by atoms with E-state index < -0.39 is 8.07 Å². The van der Waals surface area contributed by atoms with Crippen molar-refractivity contribution in [2.24, 2.45) is 0 Å². The van der Waals surface area contributed by atoms with Gasteiger partial charge in [0.15, 0.2) is 0 Å². The molecule has 5 rings (SSSR count). The molecule has 0 fully saturated rings. The zero-order valence-electron chi connectivity index (χ0n) is 17.3. The van der Waals surface area contributed by atoms with Gasteiger partial charge >= 0.3 is 186 Å². The van der Waals surface area contributed by atoms with Gasteiger partial charge in [-0.25, -0.2) is 0 Å². The monoisotopic (exact) mass is 529 g/mol. The summed E-state index contributed by atoms with van der Waals surface area (Å²) in [5.41, 5.74) is 2.78. The number of benzene rings is 4. The van der Waals surface area contributed by atoms with Gasteiger partial charge in [-0.2, -0.15) is 0 Å². The summed E-state index contributed by atoms with van der Waals surface area (Å²) in [6, 6.07) is 42.5. The van der Waals surface area contributed by atoms with Gasteiger partial charge in [0.05, 0.1) is 0 Å². The minimum absolute atomic E-state index is 0. The Morgan fingerprint density at radius 2 is 0.875 bits per heavy atom. The van der Waals surface area contributed by atoms with Crippen molar-refractivity contribution in [1.29, 1.82) is 0 Å². The van der Waals surface area contributed by atoms with E-state index in [-0.39, 0.29) is 40.6 Å². The van der Waals surface area contributed by atoms with Crippen molar-refractivity contribution in [3.63, 3.8) is 0 Å². The number of rotatable bonds is 4. The van der Waals surface area contributed by atoms with Gasteiger partial charge < -0.3 is 0 Å². The predicted molar refractivity (Wildman–Crippen MR) is 143 cm³/mol. The van der Waals surface area contributed by atoms with Crippen LogP contribution in [0.2, 0.25) is 0 Å². The van der Waals surface area contributed by atoms with Crippen LogP contribution in [-0.4, -0.2) is 8.07 Å². The normalized spacial score (nSPS) is 16.1. The third kappa shape index (κ3) is 4.07. The van der Waals surface area contributed by atoms with Crippen LogP contribution in [0.4, 0.5) is 0 Å². The van der Waals surface area contributed by atoms with Gasteiger partial charge in [-0.05, 0) is 0 Å². The minimum atomic E-state index is -2.45. The molecule has 0 bridgehead atoms. The van der Waals surface area contributed by atoms with Crippen molar-refractivity contribution in [2.45, 2.75) is 3.34 Å². The average molecular weight is 531 g/mol. The van der Waals surface area contributed by atoms with E-state index in [1.807, 2.05) is 0 Å². The molecule has 4 aromatic carbocycles. The molecule has 0 spiro atoms. The van der Waals surface area contributed by atoms with Crippen LogP contribution in [0.5, 0.6) is 0 Å². The third-order valence-corrected chi connectivity index (χ3v) is 13.8. The molecule has 0 aliphatic heterocycles. The predicted octanol–water partition coefficient (Wildman–Crippen LogP) is 5.43. The van der Waals surface area contributed by atoms with Gasteiger partial charge in [0.1, 0.15) is 0 Å². The summed E-state index contributed by atoms with van der Waals surface area (Å²) in [6.45, 7) is 0. The molecule has 32 heavy (non-hydrogen) atoms. The topological polar surface area (TPSA) is 0 Å². The Labute approximate surface area is 221 Å². The number of allylic oxidation sites excluding steroid dienone is 1. The van der Waals surface area contributed by atoms with Crippen molar-refractivity contribution in [1.82, 2.24) is 0 Å². The molecule has 0 radical (unpaired) electrons. The van der Waals surface area contributed by atoms with Crippen LogP contribution in [0.15, 0.2) is 121 Å². The Hall–Kier alpha value is -1.58. The Morgan fingerprint density at radius 3 is 1.31 bits per heavy atom. The van der Waals surface area contributed by atoms with E-state index in [4.69, 9.17) is 0 Å². The van der Waals surface area contributed by atoms with Crippen LogP contribution in [0, 0.1) is 0 Å². The van der Waals surface area contributed by atoms with Crippen LogP contribution >= 0.6 is 37.2 Å². The number of hydrogen-bond donors (Lipinski definition) is 0. The Bertz CT molecular complexity index is 1070. The summed E-state index contributed by atoms with van der Waals surface area (Å²) < 4.78 is -0.0896. The first-order valence-corrected chi connectivity index (χ1v) is 12.8. The quantitative estimate of drug-likeness (QED) is 0.244. The molecule has 1 unspecified atom stereocenters. The molecular weight excluding hydrogens is 507 g/mol. The molecule has 0 aromatic heterocycles. The average Bonchev–Trinajstić information content (AvgIpc) is 3.15. The zero-order valence-corrected chi connectivity index (χ0v) is 22.4. The van der Waals surface area contributed by atoms with E-state index in [1.165, 1.54) is 26.7 Å². The number of hydrogen-bond acceptors (Lipinski definition) is 0. The summed E-state index contributed by atoms with van der Waals surface area (Å²) in [4.78, 5) is 0. The van der Waals surface area contributed by atoms with Crippen LogP contribution < -0.4 is 15.6 Å². The van der Waals surface area contributed by atoms with Crippen LogP contribution in [0.25, 0.3) is 6.08 Å². The first kappa shape index (κ1) is 26.7. The van der Waals surface area contributed by atoms with Crippen molar-refractivity contribution in [2.75, 3.05) is 0 Å². The Kier molecular flexibility index (Phi) is 9.19. The molecular formula is C27H24Cl3SiTi. The van der Waals surface area contributed by atoms with Gasteiger partial charge in [-0.1, -0.05) is 0 Å². The van der Waals surface area contributed by atoms with Crippen molar-refractivity contribution >= 4 is 66.9 Å². The summed E-state index contributed by atoms with van der Waals surface area (Å²) in [5.74, 6) is 0.